The maximum atomic E-state index is 12.4. The van der Waals surface area contributed by atoms with Gasteiger partial charge in [-0.15, -0.1) is 0 Å². The molecule has 6 nitrogen and oxygen atoms in total. The number of hydrogen-bond acceptors (Lipinski definition) is 4. The molecule has 1 fully saturated rings. The van der Waals surface area contributed by atoms with Crippen LogP contribution in [-0.4, -0.2) is 34.1 Å². The van der Waals surface area contributed by atoms with Crippen LogP contribution in [0.4, 0.5) is 0 Å². The molecule has 0 atom stereocenters. The van der Waals surface area contributed by atoms with Gasteiger partial charge in [-0.3, -0.25) is 9.59 Å². The molecule has 0 unspecified atom stereocenters. The second kappa shape index (κ2) is 6.05. The molecular weight excluding hydrogens is 292 g/mol. The standard InChI is InChI=1S/C17H16N4O2/c18-12-17(13-4-2-1-3-5-13)8-10-21(11-9-17)16(23)14-6-7-15(22)20-19-14/h1-7H,8-11H2,(H,20,22). The molecule has 116 valence electrons. The first-order chi connectivity index (χ1) is 11.1. The van der Waals surface area contributed by atoms with E-state index >= 15 is 0 Å². The van der Waals surface area contributed by atoms with Crippen molar-refractivity contribution in [3.05, 3.63) is 64.1 Å². The summed E-state index contributed by atoms with van der Waals surface area (Å²) < 4.78 is 0. The molecule has 0 aliphatic carbocycles. The van der Waals surface area contributed by atoms with Gasteiger partial charge in [0.25, 0.3) is 11.5 Å². The van der Waals surface area contributed by atoms with Gasteiger partial charge in [-0.25, -0.2) is 5.10 Å². The maximum absolute atomic E-state index is 12.4. The van der Waals surface area contributed by atoms with Crippen LogP contribution < -0.4 is 5.56 Å². The zero-order valence-corrected chi connectivity index (χ0v) is 12.5. The van der Waals surface area contributed by atoms with Crippen molar-refractivity contribution in [2.45, 2.75) is 18.3 Å². The number of nitrogens with one attached hydrogen (secondary N) is 1. The fourth-order valence-corrected chi connectivity index (χ4v) is 2.94. The highest BCUT2D eigenvalue weighted by Gasteiger charge is 2.37. The zero-order valence-electron chi connectivity index (χ0n) is 12.5. The van der Waals surface area contributed by atoms with Crippen molar-refractivity contribution in [3.8, 4) is 6.07 Å². The summed E-state index contributed by atoms with van der Waals surface area (Å²) in [6, 6.07) is 14.9. The Kier molecular flexibility index (Phi) is 3.94. The van der Waals surface area contributed by atoms with Crippen molar-refractivity contribution in [3.63, 3.8) is 0 Å². The van der Waals surface area contributed by atoms with Gasteiger partial charge in [0, 0.05) is 19.2 Å². The molecule has 2 aromatic rings. The third-order valence-corrected chi connectivity index (χ3v) is 4.34. The van der Waals surface area contributed by atoms with Crippen LogP contribution in [0.15, 0.2) is 47.3 Å². The average molecular weight is 308 g/mol. The third kappa shape index (κ3) is 2.86. The lowest BCUT2D eigenvalue weighted by Crippen LogP contribution is -2.45. The molecule has 1 aromatic carbocycles. The highest BCUT2D eigenvalue weighted by Crippen LogP contribution is 2.35. The Hall–Kier alpha value is -2.94. The number of amides is 1. The molecular formula is C17H16N4O2. The number of benzene rings is 1. The summed E-state index contributed by atoms with van der Waals surface area (Å²) in [5, 5.41) is 15.7. The molecule has 0 bridgehead atoms. The molecule has 1 aromatic heterocycles. The van der Waals surface area contributed by atoms with Crippen LogP contribution in [0.1, 0.15) is 28.9 Å². The number of carbonyl (C=O) groups excluding carboxylic acids is 1. The average Bonchev–Trinajstić information content (AvgIpc) is 2.62. The first kappa shape index (κ1) is 15.0. The second-order valence-electron chi connectivity index (χ2n) is 5.66. The van der Waals surface area contributed by atoms with E-state index in [1.54, 1.807) is 4.90 Å². The topological polar surface area (TPSA) is 89.9 Å². The monoisotopic (exact) mass is 308 g/mol. The number of carbonyl (C=O) groups is 1. The number of nitriles is 1. The van der Waals surface area contributed by atoms with Crippen molar-refractivity contribution < 1.29 is 4.79 Å². The number of piperidine rings is 1. The van der Waals surface area contributed by atoms with Gasteiger partial charge in [-0.05, 0) is 24.5 Å². The summed E-state index contributed by atoms with van der Waals surface area (Å²) in [7, 11) is 0. The molecule has 0 radical (unpaired) electrons. The van der Waals surface area contributed by atoms with E-state index in [-0.39, 0.29) is 17.2 Å². The number of rotatable bonds is 2. The van der Waals surface area contributed by atoms with Gasteiger partial charge in [-0.1, -0.05) is 30.3 Å². The number of hydrogen-bond donors (Lipinski definition) is 1. The van der Waals surface area contributed by atoms with Gasteiger partial charge in [0.2, 0.25) is 0 Å². The predicted molar refractivity (Wildman–Crippen MR) is 83.7 cm³/mol. The summed E-state index contributed by atoms with van der Waals surface area (Å²) in [5.41, 5.74) is 0.328. The molecule has 1 aliphatic rings. The number of H-pyrrole nitrogens is 1. The maximum Gasteiger partial charge on any atom is 0.274 e. The zero-order chi connectivity index (χ0) is 16.3. The molecule has 2 heterocycles. The summed E-state index contributed by atoms with van der Waals surface area (Å²) in [4.78, 5) is 25.1. The predicted octanol–water partition coefficient (Wildman–Crippen LogP) is 1.47. The lowest BCUT2D eigenvalue weighted by Gasteiger charge is -2.37. The Balaban J connectivity index is 1.75. The van der Waals surface area contributed by atoms with Crippen LogP contribution >= 0.6 is 0 Å². The Morgan fingerprint density at radius 1 is 1.17 bits per heavy atom. The van der Waals surface area contributed by atoms with Gasteiger partial charge < -0.3 is 4.90 Å². The molecule has 0 saturated carbocycles. The number of aromatic amines is 1. The molecule has 1 aliphatic heterocycles. The molecule has 0 spiro atoms. The van der Waals surface area contributed by atoms with Crippen molar-refractivity contribution in [2.75, 3.05) is 13.1 Å². The molecule has 1 saturated heterocycles. The molecule has 1 amide bonds. The van der Waals surface area contributed by atoms with Crippen LogP contribution in [0.3, 0.4) is 0 Å². The summed E-state index contributed by atoms with van der Waals surface area (Å²) >= 11 is 0. The first-order valence-corrected chi connectivity index (χ1v) is 7.46. The first-order valence-electron chi connectivity index (χ1n) is 7.46. The summed E-state index contributed by atoms with van der Waals surface area (Å²) in [6.07, 6.45) is 1.17. The summed E-state index contributed by atoms with van der Waals surface area (Å²) in [5.74, 6) is -0.221. The molecule has 3 rings (SSSR count). The molecule has 23 heavy (non-hydrogen) atoms. The van der Waals surface area contributed by atoms with E-state index in [4.69, 9.17) is 0 Å². The van der Waals surface area contributed by atoms with E-state index < -0.39 is 5.41 Å². The van der Waals surface area contributed by atoms with Gasteiger partial charge in [0.05, 0.1) is 11.5 Å². The van der Waals surface area contributed by atoms with Crippen molar-refractivity contribution in [1.29, 1.82) is 5.26 Å². The Morgan fingerprint density at radius 3 is 2.43 bits per heavy atom. The van der Waals surface area contributed by atoms with Crippen molar-refractivity contribution >= 4 is 5.91 Å². The van der Waals surface area contributed by atoms with Gasteiger partial charge in [0.1, 0.15) is 5.69 Å². The van der Waals surface area contributed by atoms with Gasteiger partial charge in [-0.2, -0.15) is 10.4 Å². The lowest BCUT2D eigenvalue weighted by molar-refractivity contribution is 0.0684. The highest BCUT2D eigenvalue weighted by atomic mass is 16.2. The van der Waals surface area contributed by atoms with E-state index in [1.165, 1.54) is 12.1 Å². The number of aromatic nitrogens is 2. The minimum Gasteiger partial charge on any atom is -0.337 e. The van der Waals surface area contributed by atoms with Gasteiger partial charge >= 0.3 is 0 Å². The molecule has 6 heteroatoms. The van der Waals surface area contributed by atoms with Crippen molar-refractivity contribution in [2.24, 2.45) is 0 Å². The third-order valence-electron chi connectivity index (χ3n) is 4.34. The Morgan fingerprint density at radius 2 is 1.87 bits per heavy atom. The smallest absolute Gasteiger partial charge is 0.274 e. The summed E-state index contributed by atoms with van der Waals surface area (Å²) in [6.45, 7) is 0.976. The van der Waals surface area contributed by atoms with E-state index in [1.807, 2.05) is 30.3 Å². The normalized spacial score (nSPS) is 16.6. The number of likely N-dealkylation sites (tertiary alicyclic amines) is 1. The Bertz CT molecular complexity index is 779. The van der Waals surface area contributed by atoms with E-state index in [0.29, 0.717) is 25.9 Å². The van der Waals surface area contributed by atoms with E-state index in [0.717, 1.165) is 5.56 Å². The van der Waals surface area contributed by atoms with Crippen LogP contribution in [0.5, 0.6) is 0 Å². The largest absolute Gasteiger partial charge is 0.337 e. The van der Waals surface area contributed by atoms with E-state index in [9.17, 15) is 14.9 Å². The quantitative estimate of drug-likeness (QED) is 0.909. The van der Waals surface area contributed by atoms with Crippen molar-refractivity contribution in [1.82, 2.24) is 15.1 Å². The van der Waals surface area contributed by atoms with Crippen LogP contribution in [0.2, 0.25) is 0 Å². The van der Waals surface area contributed by atoms with Crippen LogP contribution in [0, 0.1) is 11.3 Å². The Labute approximate surface area is 133 Å². The second-order valence-corrected chi connectivity index (χ2v) is 5.66. The fraction of sp³-hybridized carbons (Fsp3) is 0.294. The minimum absolute atomic E-state index is 0.216. The molecule has 1 N–H and O–H groups in total. The fourth-order valence-electron chi connectivity index (χ4n) is 2.94. The van der Waals surface area contributed by atoms with Crippen LogP contribution in [0.25, 0.3) is 0 Å². The van der Waals surface area contributed by atoms with Crippen LogP contribution in [-0.2, 0) is 5.41 Å². The number of nitrogens with zero attached hydrogens (tertiary/aromatic N) is 3. The van der Waals surface area contributed by atoms with E-state index in [2.05, 4.69) is 16.3 Å². The highest BCUT2D eigenvalue weighted by molar-refractivity contribution is 5.92. The van der Waals surface area contributed by atoms with Gasteiger partial charge in [0.15, 0.2) is 0 Å². The SMILES string of the molecule is N#CC1(c2ccccc2)CCN(C(=O)c2ccc(=O)[nH]n2)CC1. The lowest BCUT2D eigenvalue weighted by atomic mass is 9.74. The minimum atomic E-state index is -0.545.